The van der Waals surface area contributed by atoms with Crippen molar-refractivity contribution in [2.75, 3.05) is 5.73 Å². The fourth-order valence-corrected chi connectivity index (χ4v) is 7.99. The number of halogens is 3. The van der Waals surface area contributed by atoms with Crippen molar-refractivity contribution in [1.82, 2.24) is 15.0 Å². The number of aromatic nitrogens is 3. The summed E-state index contributed by atoms with van der Waals surface area (Å²) >= 11 is 18.4. The van der Waals surface area contributed by atoms with Crippen LogP contribution in [0.3, 0.4) is 0 Å². The number of ether oxygens (including phenoxy) is 2. The molecule has 0 spiro atoms. The molecule has 70 heavy (non-hydrogen) atoms. The molecule has 1 aliphatic rings. The molecule has 0 radical (unpaired) electrons. The Kier molecular flexibility index (Phi) is 16.1. The van der Waals surface area contributed by atoms with Gasteiger partial charge in [-0.1, -0.05) is 40.9 Å². The Morgan fingerprint density at radius 3 is 1.39 bits per heavy atom. The lowest BCUT2D eigenvalue weighted by Crippen LogP contribution is -2.14. The van der Waals surface area contributed by atoms with E-state index in [1.54, 1.807) is 110 Å². The van der Waals surface area contributed by atoms with Crippen LogP contribution in [0.15, 0.2) is 110 Å². The van der Waals surface area contributed by atoms with Gasteiger partial charge in [0, 0.05) is 75.4 Å². The number of primary amides is 3. The highest BCUT2D eigenvalue weighted by atomic mass is 35.5. The summed E-state index contributed by atoms with van der Waals surface area (Å²) in [5, 5.41) is 31.2. The second-order valence-corrected chi connectivity index (χ2v) is 17.3. The van der Waals surface area contributed by atoms with Gasteiger partial charge < -0.3 is 47.7 Å². The van der Waals surface area contributed by atoms with Crippen LogP contribution in [0.25, 0.3) is 32.7 Å². The molecule has 0 saturated heterocycles. The zero-order chi connectivity index (χ0) is 50.2. The third-order valence-corrected chi connectivity index (χ3v) is 12.1. The van der Waals surface area contributed by atoms with Crippen LogP contribution in [0.5, 0.6) is 23.0 Å². The summed E-state index contributed by atoms with van der Waals surface area (Å²) in [5.74, 6) is 0.832. The van der Waals surface area contributed by atoms with Gasteiger partial charge in [0.2, 0.25) is 17.7 Å². The van der Waals surface area contributed by atoms with Gasteiger partial charge in [0.1, 0.15) is 28.8 Å². The van der Waals surface area contributed by atoms with Crippen LogP contribution in [-0.4, -0.2) is 53.8 Å². The average Bonchev–Trinajstić information content (AvgIpc) is 4.16. The first-order chi connectivity index (χ1) is 33.6. The minimum Gasteiger partial charge on any atom is -0.457 e. The number of carbonyl (C=O) groups excluding carboxylic acids is 4. The Balaban J connectivity index is 0.000000162. The number of benzene rings is 5. The van der Waals surface area contributed by atoms with Gasteiger partial charge in [0.05, 0.1) is 52.1 Å². The molecule has 358 valence electrons. The van der Waals surface area contributed by atoms with Crippen molar-refractivity contribution < 1.29 is 44.0 Å². The summed E-state index contributed by atoms with van der Waals surface area (Å²) in [7, 11) is 0. The van der Waals surface area contributed by atoms with Gasteiger partial charge in [-0.2, -0.15) is 0 Å². The largest absolute Gasteiger partial charge is 0.457 e. The maximum Gasteiger partial charge on any atom is 0.249 e. The fraction of sp³-hybridized carbons (Fsp3) is 0.157. The maximum atomic E-state index is 12.1. The van der Waals surface area contributed by atoms with E-state index in [9.17, 15) is 29.4 Å². The van der Waals surface area contributed by atoms with Crippen molar-refractivity contribution in [3.05, 3.63) is 164 Å². The zero-order valence-corrected chi connectivity index (χ0v) is 39.3. The number of carbonyl (C=O) groups is 4. The van der Waals surface area contributed by atoms with E-state index >= 15 is 0 Å². The molecule has 3 aromatic heterocycles. The second-order valence-electron chi connectivity index (χ2n) is 16.1. The number of pyridine rings is 3. The number of nitrogen functional groups attached to an aromatic ring is 1. The van der Waals surface area contributed by atoms with Crippen LogP contribution in [0.2, 0.25) is 15.1 Å². The lowest BCUT2D eigenvalue weighted by Gasteiger charge is -2.12. The van der Waals surface area contributed by atoms with Gasteiger partial charge in [0.25, 0.3) is 0 Å². The van der Waals surface area contributed by atoms with E-state index < -0.39 is 17.7 Å². The monoisotopic (exact) mass is 1000 g/mol. The van der Waals surface area contributed by atoms with Crippen LogP contribution in [0, 0.1) is 5.92 Å². The second kappa shape index (κ2) is 22.3. The number of hydrogen-bond donors (Lipinski definition) is 7. The predicted octanol–water partition coefficient (Wildman–Crippen LogP) is 8.52. The van der Waals surface area contributed by atoms with E-state index in [1.807, 2.05) is 0 Å². The molecule has 3 heterocycles. The van der Waals surface area contributed by atoms with E-state index in [2.05, 4.69) is 15.0 Å². The Bertz CT molecular complexity index is 3330. The predicted molar refractivity (Wildman–Crippen MR) is 267 cm³/mol. The van der Waals surface area contributed by atoms with Crippen LogP contribution in [0.4, 0.5) is 5.69 Å². The average molecular weight is 1010 g/mol. The number of aliphatic hydroxyl groups excluding tert-OH is 3. The number of nitrogens with two attached hydrogens (primary N) is 4. The molecule has 1 fully saturated rings. The van der Waals surface area contributed by atoms with Gasteiger partial charge in [-0.05, 0) is 120 Å². The lowest BCUT2D eigenvalue weighted by atomic mass is 10.0. The first kappa shape index (κ1) is 50.4. The van der Waals surface area contributed by atoms with Gasteiger partial charge in [-0.25, -0.2) is 0 Å². The molecule has 1 aliphatic carbocycles. The number of fused-ring (bicyclic) bond motifs is 3. The standard InChI is InChI=1S/C23H21ClN2O4.C17H14ClN3O3.C11H9ClN2O2/c24-20-10-17(4-3-14(20)8-16(28)7-13-1-2-13)30-22-5-6-26-21-9-15(12-27)18(23(25)29)11-19(21)22;18-13-6-10(1-2-14(13)19)24-16-3-4-21-15-5-9(8-22)11(17(20)23)7-12(15)16;12-9-1-2-14-10-3-6(5-15)7(11(13)16)4-8(9)10/h3-6,9-11,13,27H,1-2,7-8,12H2,(H2,25,29);1-7,22H,8,19H2,(H2,20,23);1-4,15H,5H2,(H2,13,16). The minimum atomic E-state index is -0.640. The van der Waals surface area contributed by atoms with E-state index in [1.165, 1.54) is 0 Å². The number of ketones is 1. The van der Waals surface area contributed by atoms with E-state index in [-0.39, 0.29) is 42.3 Å². The minimum absolute atomic E-state index is 0.201. The van der Waals surface area contributed by atoms with Gasteiger partial charge in [0.15, 0.2) is 0 Å². The summed E-state index contributed by atoms with van der Waals surface area (Å²) in [6, 6.07) is 24.6. The molecule has 16 nitrogen and oxygen atoms in total. The van der Waals surface area contributed by atoms with E-state index in [4.69, 9.17) is 72.3 Å². The quantitative estimate of drug-likeness (QED) is 0.0503. The van der Waals surface area contributed by atoms with Crippen molar-refractivity contribution >= 4 is 96.7 Å². The molecule has 0 aliphatic heterocycles. The summed E-state index contributed by atoms with van der Waals surface area (Å²) in [5.41, 5.74) is 26.7. The molecule has 3 amide bonds. The van der Waals surface area contributed by atoms with Crippen molar-refractivity contribution in [3.8, 4) is 23.0 Å². The summed E-state index contributed by atoms with van der Waals surface area (Å²) in [6.45, 7) is -0.894. The SMILES string of the molecule is NC(=O)c1cc2c(Cl)ccnc2cc1CO.NC(=O)c1cc2c(Oc3ccc(CC(=O)CC4CC4)c(Cl)c3)ccnc2cc1CO.NC(=O)c1cc2c(Oc3ccc(N)c(Cl)c3)ccnc2cc1CO. The maximum absolute atomic E-state index is 12.1. The molecular weight excluding hydrogens is 961 g/mol. The Morgan fingerprint density at radius 1 is 0.529 bits per heavy atom. The van der Waals surface area contributed by atoms with Crippen molar-refractivity contribution in [2.45, 2.75) is 45.5 Å². The summed E-state index contributed by atoms with van der Waals surface area (Å²) in [4.78, 5) is 59.3. The van der Waals surface area contributed by atoms with Crippen LogP contribution >= 0.6 is 34.8 Å². The molecule has 9 rings (SSSR count). The van der Waals surface area contributed by atoms with Gasteiger partial charge in [-0.3, -0.25) is 34.1 Å². The van der Waals surface area contributed by atoms with Crippen molar-refractivity contribution in [2.24, 2.45) is 23.1 Å². The first-order valence-corrected chi connectivity index (χ1v) is 22.5. The number of nitrogens with zero attached hydrogens (tertiary/aromatic N) is 3. The number of hydrogen-bond acceptors (Lipinski definition) is 13. The molecule has 1 saturated carbocycles. The number of anilines is 1. The van der Waals surface area contributed by atoms with Crippen LogP contribution in [0.1, 0.15) is 72.6 Å². The number of rotatable bonds is 14. The highest BCUT2D eigenvalue weighted by Crippen LogP contribution is 2.36. The summed E-state index contributed by atoms with van der Waals surface area (Å²) < 4.78 is 11.8. The fourth-order valence-electron chi connectivity index (χ4n) is 7.37. The molecule has 8 aromatic rings. The zero-order valence-electron chi connectivity index (χ0n) is 37.0. The molecule has 0 bridgehead atoms. The molecule has 11 N–H and O–H groups in total. The third kappa shape index (κ3) is 12.0. The van der Waals surface area contributed by atoms with Crippen LogP contribution in [-0.2, 0) is 31.0 Å². The number of amides is 3. The Hall–Kier alpha value is -7.44. The highest BCUT2D eigenvalue weighted by molar-refractivity contribution is 6.35. The molecule has 19 heteroatoms. The third-order valence-electron chi connectivity index (χ3n) is 11.1. The van der Waals surface area contributed by atoms with E-state index in [0.29, 0.717) is 112 Å². The first-order valence-electron chi connectivity index (χ1n) is 21.4. The van der Waals surface area contributed by atoms with Crippen molar-refractivity contribution in [3.63, 3.8) is 0 Å². The molecule has 5 aromatic carbocycles. The summed E-state index contributed by atoms with van der Waals surface area (Å²) in [6.07, 6.45) is 7.94. The van der Waals surface area contributed by atoms with E-state index in [0.717, 1.165) is 18.4 Å². The number of Topliss-reactive ketones (excluding diaryl/α,β-unsaturated/α-hetero) is 1. The lowest BCUT2D eigenvalue weighted by molar-refractivity contribution is -0.118. The normalized spacial score (nSPS) is 11.9. The topological polar surface area (TPSA) is 290 Å². The smallest absolute Gasteiger partial charge is 0.249 e. The number of aliphatic hydroxyl groups is 3. The Labute approximate surface area is 414 Å². The van der Waals surface area contributed by atoms with Crippen molar-refractivity contribution in [1.29, 1.82) is 0 Å². The molecule has 0 atom stereocenters. The van der Waals surface area contributed by atoms with Crippen LogP contribution < -0.4 is 32.4 Å². The Morgan fingerprint density at radius 2 is 0.957 bits per heavy atom. The molecular formula is C51H44Cl3N7O9. The van der Waals surface area contributed by atoms with Gasteiger partial charge >= 0.3 is 0 Å². The van der Waals surface area contributed by atoms with Gasteiger partial charge in [-0.15, -0.1) is 0 Å². The molecule has 0 unspecified atom stereocenters. The highest BCUT2D eigenvalue weighted by Gasteiger charge is 2.25.